The molecule has 3 fully saturated rings. The van der Waals surface area contributed by atoms with Gasteiger partial charge in [0.15, 0.2) is 0 Å². The fourth-order valence-electron chi connectivity index (χ4n) is 3.00. The van der Waals surface area contributed by atoms with Crippen LogP contribution in [-0.2, 0) is 9.47 Å². The van der Waals surface area contributed by atoms with Crippen LogP contribution in [0.15, 0.2) is 0 Å². The van der Waals surface area contributed by atoms with Crippen LogP contribution >= 0.6 is 11.8 Å². The summed E-state index contributed by atoms with van der Waals surface area (Å²) in [7, 11) is 0. The Morgan fingerprint density at radius 1 is 1.27 bits per heavy atom. The lowest BCUT2D eigenvalue weighted by Gasteiger charge is -2.43. The maximum Gasteiger partial charge on any atom is 0.0812 e. The van der Waals surface area contributed by atoms with Crippen LogP contribution in [0.1, 0.15) is 32.1 Å². The van der Waals surface area contributed by atoms with E-state index in [-0.39, 0.29) is 5.60 Å². The molecule has 0 bridgehead atoms. The minimum absolute atomic E-state index is 0.267. The Kier molecular flexibility index (Phi) is 2.97. The highest BCUT2D eigenvalue weighted by molar-refractivity contribution is 7.99. The Morgan fingerprint density at radius 3 is 2.80 bits per heavy atom. The fourth-order valence-corrected chi connectivity index (χ4v) is 4.23. The van der Waals surface area contributed by atoms with Gasteiger partial charge in [-0.3, -0.25) is 0 Å². The van der Waals surface area contributed by atoms with E-state index in [4.69, 9.17) is 9.47 Å². The van der Waals surface area contributed by atoms with Crippen molar-refractivity contribution in [2.45, 2.75) is 43.8 Å². The average Bonchev–Trinajstić information content (AvgIpc) is 3.03. The average molecular weight is 228 g/mol. The van der Waals surface area contributed by atoms with E-state index in [2.05, 4.69) is 11.8 Å². The third-order valence-electron chi connectivity index (χ3n) is 4.00. The van der Waals surface area contributed by atoms with Crippen molar-refractivity contribution in [2.24, 2.45) is 5.92 Å². The van der Waals surface area contributed by atoms with Crippen LogP contribution in [-0.4, -0.2) is 36.4 Å². The summed E-state index contributed by atoms with van der Waals surface area (Å²) in [5, 5.41) is 0. The van der Waals surface area contributed by atoms with E-state index in [0.717, 1.165) is 19.1 Å². The molecule has 3 rings (SSSR count). The van der Waals surface area contributed by atoms with Crippen LogP contribution in [0.5, 0.6) is 0 Å². The van der Waals surface area contributed by atoms with Crippen molar-refractivity contribution in [1.82, 2.24) is 0 Å². The quantitative estimate of drug-likeness (QED) is 0.678. The molecule has 1 spiro atoms. The summed E-state index contributed by atoms with van der Waals surface area (Å²) < 4.78 is 11.4. The lowest BCUT2D eigenvalue weighted by Crippen LogP contribution is -2.43. The van der Waals surface area contributed by atoms with Crippen molar-refractivity contribution < 1.29 is 9.47 Å². The molecule has 15 heavy (non-hydrogen) atoms. The van der Waals surface area contributed by atoms with Gasteiger partial charge in [0.1, 0.15) is 0 Å². The van der Waals surface area contributed by atoms with Gasteiger partial charge in [-0.25, -0.2) is 0 Å². The Labute approximate surface area is 96.1 Å². The van der Waals surface area contributed by atoms with Gasteiger partial charge in [-0.05, 0) is 49.5 Å². The summed E-state index contributed by atoms with van der Waals surface area (Å²) in [6, 6.07) is 0. The number of rotatable bonds is 2. The van der Waals surface area contributed by atoms with Gasteiger partial charge in [-0.2, -0.15) is 11.8 Å². The zero-order chi connectivity index (χ0) is 10.1. The molecule has 0 radical (unpaired) electrons. The summed E-state index contributed by atoms with van der Waals surface area (Å²) in [4.78, 5) is 0. The molecule has 0 aromatic carbocycles. The zero-order valence-corrected chi connectivity index (χ0v) is 10.1. The maximum absolute atomic E-state index is 6.08. The number of hydrogen-bond acceptors (Lipinski definition) is 3. The molecule has 2 nitrogen and oxygen atoms in total. The molecule has 3 saturated heterocycles. The smallest absolute Gasteiger partial charge is 0.0812 e. The molecule has 0 aliphatic carbocycles. The summed E-state index contributed by atoms with van der Waals surface area (Å²) in [5.74, 6) is 3.47. The third-order valence-corrected chi connectivity index (χ3v) is 4.98. The van der Waals surface area contributed by atoms with Crippen molar-refractivity contribution in [2.75, 3.05) is 24.7 Å². The molecule has 0 saturated carbocycles. The van der Waals surface area contributed by atoms with Crippen LogP contribution in [0.3, 0.4) is 0 Å². The van der Waals surface area contributed by atoms with E-state index in [1.807, 2.05) is 0 Å². The van der Waals surface area contributed by atoms with Gasteiger partial charge < -0.3 is 9.47 Å². The first-order chi connectivity index (χ1) is 7.36. The van der Waals surface area contributed by atoms with Crippen molar-refractivity contribution in [3.8, 4) is 0 Å². The first-order valence-electron chi connectivity index (χ1n) is 6.20. The van der Waals surface area contributed by atoms with Crippen LogP contribution in [0.25, 0.3) is 0 Å². The summed E-state index contributed by atoms with van der Waals surface area (Å²) >= 11 is 2.09. The van der Waals surface area contributed by atoms with Gasteiger partial charge in [-0.1, -0.05) is 0 Å². The second-order valence-corrected chi connectivity index (χ2v) is 6.42. The number of thioether (sulfide) groups is 1. The molecule has 0 amide bonds. The highest BCUT2D eigenvalue weighted by atomic mass is 32.2. The van der Waals surface area contributed by atoms with Crippen molar-refractivity contribution in [3.05, 3.63) is 0 Å². The van der Waals surface area contributed by atoms with Gasteiger partial charge >= 0.3 is 0 Å². The van der Waals surface area contributed by atoms with Crippen molar-refractivity contribution >= 4 is 11.8 Å². The topological polar surface area (TPSA) is 21.8 Å². The number of epoxide rings is 1. The molecule has 0 N–H and O–H groups in total. The lowest BCUT2D eigenvalue weighted by atomic mass is 9.80. The standard InChI is InChI=1S/C12H20O2S/c1-4-14-12(2-5-15-6-3-12)8-10(1)7-11-9-13-11/h10-11H,1-9H2. The predicted molar refractivity (Wildman–Crippen MR) is 62.3 cm³/mol. The van der Waals surface area contributed by atoms with Gasteiger partial charge in [0, 0.05) is 6.61 Å². The van der Waals surface area contributed by atoms with Crippen LogP contribution < -0.4 is 0 Å². The first-order valence-corrected chi connectivity index (χ1v) is 7.35. The lowest BCUT2D eigenvalue weighted by molar-refractivity contribution is -0.103. The Hall–Kier alpha value is 0.270. The molecule has 3 aliphatic rings. The Morgan fingerprint density at radius 2 is 2.07 bits per heavy atom. The second kappa shape index (κ2) is 4.27. The molecule has 3 heteroatoms. The monoisotopic (exact) mass is 228 g/mol. The molecule has 86 valence electrons. The molecule has 2 atom stereocenters. The predicted octanol–water partition coefficient (Wildman–Crippen LogP) is 2.47. The van der Waals surface area contributed by atoms with Crippen LogP contribution in [0.2, 0.25) is 0 Å². The maximum atomic E-state index is 6.08. The molecule has 3 aliphatic heterocycles. The minimum atomic E-state index is 0.267. The molecular formula is C12H20O2S. The molecule has 0 aromatic heterocycles. The number of hydrogen-bond donors (Lipinski definition) is 0. The zero-order valence-electron chi connectivity index (χ0n) is 9.24. The van der Waals surface area contributed by atoms with E-state index in [9.17, 15) is 0 Å². The highest BCUT2D eigenvalue weighted by Gasteiger charge is 2.40. The summed E-state index contributed by atoms with van der Waals surface area (Å²) in [5.41, 5.74) is 0.267. The number of ether oxygens (including phenoxy) is 2. The molecule has 2 unspecified atom stereocenters. The molecule has 0 aromatic rings. The Bertz CT molecular complexity index is 216. The second-order valence-electron chi connectivity index (χ2n) is 5.19. The third kappa shape index (κ3) is 2.51. The van der Waals surface area contributed by atoms with Crippen LogP contribution in [0, 0.1) is 5.92 Å². The first kappa shape index (κ1) is 10.4. The van der Waals surface area contributed by atoms with E-state index in [1.165, 1.54) is 43.6 Å². The van der Waals surface area contributed by atoms with Gasteiger partial charge in [0.25, 0.3) is 0 Å². The highest BCUT2D eigenvalue weighted by Crippen LogP contribution is 2.41. The van der Waals surface area contributed by atoms with Crippen molar-refractivity contribution in [3.63, 3.8) is 0 Å². The summed E-state index contributed by atoms with van der Waals surface area (Å²) in [6.07, 6.45) is 7.00. The van der Waals surface area contributed by atoms with Gasteiger partial charge in [0.2, 0.25) is 0 Å². The van der Waals surface area contributed by atoms with Gasteiger partial charge in [-0.15, -0.1) is 0 Å². The Balaban J connectivity index is 1.58. The summed E-state index contributed by atoms with van der Waals surface area (Å²) in [6.45, 7) is 2.00. The largest absolute Gasteiger partial charge is 0.375 e. The minimum Gasteiger partial charge on any atom is -0.375 e. The molecule has 3 heterocycles. The fraction of sp³-hybridized carbons (Fsp3) is 1.00. The molecular weight excluding hydrogens is 208 g/mol. The normalized spacial score (nSPS) is 39.2. The SMILES string of the molecule is C1CC(CC2CO2)CC2(CCSCC2)O1. The van der Waals surface area contributed by atoms with Crippen molar-refractivity contribution in [1.29, 1.82) is 0 Å². The van der Waals surface area contributed by atoms with Gasteiger partial charge in [0.05, 0.1) is 18.3 Å². The van der Waals surface area contributed by atoms with E-state index in [1.54, 1.807) is 0 Å². The van der Waals surface area contributed by atoms with E-state index < -0.39 is 0 Å². The van der Waals surface area contributed by atoms with E-state index in [0.29, 0.717) is 6.10 Å². The van der Waals surface area contributed by atoms with E-state index >= 15 is 0 Å². The van der Waals surface area contributed by atoms with Crippen LogP contribution in [0.4, 0.5) is 0 Å².